The minimum Gasteiger partial charge on any atom is -0.391 e. The number of hydrogen-bond donors (Lipinski definition) is 3. The molecule has 10 heteroatoms. The maximum Gasteiger partial charge on any atom is 0.269 e. The molecule has 3 atom stereocenters. The molecule has 26 heavy (non-hydrogen) atoms. The van der Waals surface area contributed by atoms with E-state index in [9.17, 15) is 29.6 Å². The monoisotopic (exact) mass is 364 g/mol. The first-order chi connectivity index (χ1) is 12.2. The summed E-state index contributed by atoms with van der Waals surface area (Å²) in [5.74, 6) is -1.71. The molecular weight excluding hydrogens is 344 g/mol. The molecule has 0 unspecified atom stereocenters. The Morgan fingerprint density at radius 3 is 2.50 bits per heavy atom. The van der Waals surface area contributed by atoms with Gasteiger partial charge in [0, 0.05) is 38.4 Å². The Morgan fingerprint density at radius 2 is 2.00 bits per heavy atom. The third kappa shape index (κ3) is 4.54. The molecule has 1 aromatic carbocycles. The second-order valence-corrected chi connectivity index (χ2v) is 6.17. The minimum atomic E-state index is -1.05. The first-order valence-electron chi connectivity index (χ1n) is 7.97. The summed E-state index contributed by atoms with van der Waals surface area (Å²) in [7, 11) is 0. The lowest BCUT2D eigenvalue weighted by molar-refractivity contribution is -0.384. The van der Waals surface area contributed by atoms with Crippen LogP contribution >= 0.6 is 0 Å². The Bertz CT molecular complexity index is 720. The SMILES string of the molecule is CC(=O)N1C[C@H](O)C[C@H]1C(=O)N[C@@H](Cc1ccc([N+](=O)[O-])cc1)C(N)=O. The number of nitrogens with one attached hydrogen (secondary N) is 1. The summed E-state index contributed by atoms with van der Waals surface area (Å²) in [5.41, 5.74) is 5.83. The summed E-state index contributed by atoms with van der Waals surface area (Å²) in [5, 5.41) is 22.9. The number of hydrogen-bond acceptors (Lipinski definition) is 6. The number of aliphatic hydroxyl groups excluding tert-OH is 1. The van der Waals surface area contributed by atoms with Crippen molar-refractivity contribution in [2.75, 3.05) is 6.54 Å². The summed E-state index contributed by atoms with van der Waals surface area (Å²) in [6, 6.07) is 3.61. The lowest BCUT2D eigenvalue weighted by atomic mass is 10.0. The van der Waals surface area contributed by atoms with Crippen molar-refractivity contribution >= 4 is 23.4 Å². The standard InChI is InChI=1S/C16H20N4O6/c1-9(21)19-8-12(22)7-14(19)16(24)18-13(15(17)23)6-10-2-4-11(5-3-10)20(25)26/h2-5,12-14,22H,6-8H2,1H3,(H2,17,23)(H,18,24)/t12-,13+,14+/m1/s1. The maximum atomic E-state index is 12.4. The molecule has 1 saturated heterocycles. The van der Waals surface area contributed by atoms with E-state index in [2.05, 4.69) is 5.32 Å². The molecule has 2 rings (SSSR count). The summed E-state index contributed by atoms with van der Waals surface area (Å²) in [6.07, 6.45) is -0.681. The van der Waals surface area contributed by atoms with Crippen LogP contribution in [-0.4, -0.2) is 57.4 Å². The predicted octanol–water partition coefficient (Wildman–Crippen LogP) is -0.911. The molecule has 3 amide bonds. The van der Waals surface area contributed by atoms with Gasteiger partial charge in [-0.25, -0.2) is 0 Å². The average molecular weight is 364 g/mol. The van der Waals surface area contributed by atoms with Crippen LogP contribution in [0.1, 0.15) is 18.9 Å². The van der Waals surface area contributed by atoms with Crippen LogP contribution in [0.3, 0.4) is 0 Å². The summed E-state index contributed by atoms with van der Waals surface area (Å²) >= 11 is 0. The number of nitro groups is 1. The zero-order valence-corrected chi connectivity index (χ0v) is 14.1. The number of carbonyl (C=O) groups is 3. The Hall–Kier alpha value is -3.01. The molecular formula is C16H20N4O6. The molecule has 4 N–H and O–H groups in total. The molecule has 1 fully saturated rings. The number of amides is 3. The molecule has 10 nitrogen and oxygen atoms in total. The minimum absolute atomic E-state index is 0.0500. The predicted molar refractivity (Wildman–Crippen MR) is 89.7 cm³/mol. The number of nitrogens with two attached hydrogens (primary N) is 1. The molecule has 140 valence electrons. The first kappa shape index (κ1) is 19.3. The number of benzene rings is 1. The van der Waals surface area contributed by atoms with Crippen LogP contribution in [0.2, 0.25) is 0 Å². The highest BCUT2D eigenvalue weighted by Crippen LogP contribution is 2.19. The van der Waals surface area contributed by atoms with Crippen molar-refractivity contribution in [1.82, 2.24) is 10.2 Å². The summed E-state index contributed by atoms with van der Waals surface area (Å²) in [4.78, 5) is 47.1. The third-order valence-electron chi connectivity index (χ3n) is 4.23. The van der Waals surface area contributed by atoms with Gasteiger partial charge in [-0.3, -0.25) is 24.5 Å². The highest BCUT2D eigenvalue weighted by Gasteiger charge is 2.38. The van der Waals surface area contributed by atoms with E-state index in [0.717, 1.165) is 0 Å². The van der Waals surface area contributed by atoms with Gasteiger partial charge in [0.2, 0.25) is 17.7 Å². The Kier molecular flexibility index (Phi) is 5.88. The quantitative estimate of drug-likeness (QED) is 0.438. The zero-order chi connectivity index (χ0) is 19.4. The van der Waals surface area contributed by atoms with E-state index < -0.39 is 34.9 Å². The van der Waals surface area contributed by atoms with Gasteiger partial charge in [0.1, 0.15) is 12.1 Å². The Labute approximate surface area is 149 Å². The van der Waals surface area contributed by atoms with E-state index in [1.165, 1.54) is 36.1 Å². The largest absolute Gasteiger partial charge is 0.391 e. The van der Waals surface area contributed by atoms with Crippen molar-refractivity contribution in [3.05, 3.63) is 39.9 Å². The van der Waals surface area contributed by atoms with Gasteiger partial charge in [-0.15, -0.1) is 0 Å². The number of rotatable bonds is 6. The van der Waals surface area contributed by atoms with E-state index in [1.54, 1.807) is 0 Å². The van der Waals surface area contributed by atoms with Crippen LogP contribution in [0.5, 0.6) is 0 Å². The molecule has 0 aromatic heterocycles. The molecule has 0 aliphatic carbocycles. The van der Waals surface area contributed by atoms with Crippen molar-refractivity contribution < 1.29 is 24.4 Å². The van der Waals surface area contributed by atoms with Crippen molar-refractivity contribution in [3.8, 4) is 0 Å². The lowest BCUT2D eigenvalue weighted by Gasteiger charge is -2.24. The number of β-amino-alcohol motifs (C(OH)–C–C–N with tert-alkyl or cyclic N) is 1. The van der Waals surface area contributed by atoms with E-state index in [-0.39, 0.29) is 31.0 Å². The van der Waals surface area contributed by atoms with Crippen molar-refractivity contribution in [2.45, 2.75) is 38.0 Å². The fourth-order valence-electron chi connectivity index (χ4n) is 2.89. The molecule has 1 aliphatic heterocycles. The van der Waals surface area contributed by atoms with Gasteiger partial charge in [-0.1, -0.05) is 12.1 Å². The molecule has 0 spiro atoms. The fraction of sp³-hybridized carbons (Fsp3) is 0.438. The van der Waals surface area contributed by atoms with E-state index in [0.29, 0.717) is 5.56 Å². The van der Waals surface area contributed by atoms with E-state index >= 15 is 0 Å². The van der Waals surface area contributed by atoms with Gasteiger partial charge >= 0.3 is 0 Å². The van der Waals surface area contributed by atoms with Gasteiger partial charge in [0.25, 0.3) is 5.69 Å². The number of non-ortho nitro benzene ring substituents is 1. The number of primary amides is 1. The first-order valence-corrected chi connectivity index (χ1v) is 7.97. The van der Waals surface area contributed by atoms with Gasteiger partial charge in [0.15, 0.2) is 0 Å². The van der Waals surface area contributed by atoms with Crippen LogP contribution in [0.4, 0.5) is 5.69 Å². The number of nitro benzene ring substituents is 1. The average Bonchev–Trinajstić information content (AvgIpc) is 2.97. The van der Waals surface area contributed by atoms with Crippen LogP contribution in [0.25, 0.3) is 0 Å². The van der Waals surface area contributed by atoms with Gasteiger partial charge in [-0.05, 0) is 5.56 Å². The van der Waals surface area contributed by atoms with E-state index in [1.807, 2.05) is 0 Å². The number of nitrogens with zero attached hydrogens (tertiary/aromatic N) is 2. The number of likely N-dealkylation sites (tertiary alicyclic amines) is 1. The second kappa shape index (κ2) is 7.91. The maximum absolute atomic E-state index is 12.4. The van der Waals surface area contributed by atoms with Crippen molar-refractivity contribution in [3.63, 3.8) is 0 Å². The molecule has 1 aromatic rings. The molecule has 1 aliphatic rings. The van der Waals surface area contributed by atoms with E-state index in [4.69, 9.17) is 5.73 Å². The topological polar surface area (TPSA) is 156 Å². The summed E-state index contributed by atoms with van der Waals surface area (Å²) in [6.45, 7) is 1.35. The van der Waals surface area contributed by atoms with Gasteiger partial charge in [0.05, 0.1) is 11.0 Å². The molecule has 0 radical (unpaired) electrons. The van der Waals surface area contributed by atoms with Crippen LogP contribution in [0.15, 0.2) is 24.3 Å². The molecule has 0 bridgehead atoms. The number of carbonyl (C=O) groups excluding carboxylic acids is 3. The third-order valence-corrected chi connectivity index (χ3v) is 4.23. The van der Waals surface area contributed by atoms with Crippen LogP contribution in [0, 0.1) is 10.1 Å². The fourth-order valence-corrected chi connectivity index (χ4v) is 2.89. The Morgan fingerprint density at radius 1 is 1.38 bits per heavy atom. The lowest BCUT2D eigenvalue weighted by Crippen LogP contribution is -2.52. The normalized spacial score (nSPS) is 20.5. The van der Waals surface area contributed by atoms with Crippen LogP contribution < -0.4 is 11.1 Å². The second-order valence-electron chi connectivity index (χ2n) is 6.17. The zero-order valence-electron chi connectivity index (χ0n) is 14.1. The van der Waals surface area contributed by atoms with Gasteiger partial charge in [-0.2, -0.15) is 0 Å². The van der Waals surface area contributed by atoms with Crippen molar-refractivity contribution in [2.24, 2.45) is 5.73 Å². The van der Waals surface area contributed by atoms with Gasteiger partial charge < -0.3 is 21.1 Å². The Balaban J connectivity index is 2.07. The van der Waals surface area contributed by atoms with Crippen molar-refractivity contribution in [1.29, 1.82) is 0 Å². The highest BCUT2D eigenvalue weighted by atomic mass is 16.6. The molecule has 1 heterocycles. The summed E-state index contributed by atoms with van der Waals surface area (Å²) < 4.78 is 0. The smallest absolute Gasteiger partial charge is 0.269 e. The number of aliphatic hydroxyl groups is 1. The molecule has 0 saturated carbocycles. The van der Waals surface area contributed by atoms with Crippen LogP contribution in [-0.2, 0) is 20.8 Å². The highest BCUT2D eigenvalue weighted by molar-refractivity contribution is 5.91.